The summed E-state index contributed by atoms with van der Waals surface area (Å²) in [5, 5.41) is 3.03. The molecule has 0 saturated carbocycles. The Bertz CT molecular complexity index is 1360. The third kappa shape index (κ3) is 55.0. The normalized spacial score (nSPS) is 13.9. The molecule has 0 aliphatic rings. The Morgan fingerprint density at radius 1 is 0.459 bits per heavy atom. The van der Waals surface area contributed by atoms with Gasteiger partial charge in [-0.25, -0.2) is 0 Å². The summed E-state index contributed by atoms with van der Waals surface area (Å²) < 4.78 is 30.3. The maximum absolute atomic E-state index is 13.5. The number of amides is 1. The van der Waals surface area contributed by atoms with Crippen LogP contribution in [0.1, 0.15) is 310 Å². The number of phosphoric acid groups is 1. The predicted molar refractivity (Wildman–Crippen MR) is 316 cm³/mol. The number of rotatable bonds is 58. The zero-order valence-electron chi connectivity index (χ0n) is 49.8. The van der Waals surface area contributed by atoms with Crippen LogP contribution in [0.2, 0.25) is 0 Å². The lowest BCUT2D eigenvalue weighted by molar-refractivity contribution is -0.870. The highest BCUT2D eigenvalue weighted by Crippen LogP contribution is 2.38. The molecule has 0 fully saturated rings. The van der Waals surface area contributed by atoms with Crippen LogP contribution in [-0.2, 0) is 27.9 Å². The number of hydrogen-bond acceptors (Lipinski definition) is 7. The van der Waals surface area contributed by atoms with E-state index in [1.807, 2.05) is 33.3 Å². The molecule has 0 saturated heterocycles. The Morgan fingerprint density at radius 2 is 0.784 bits per heavy atom. The van der Waals surface area contributed by atoms with Crippen LogP contribution < -0.4 is 10.2 Å². The topological polar surface area (TPSA) is 114 Å². The van der Waals surface area contributed by atoms with E-state index < -0.39 is 20.0 Å². The number of quaternary nitrogens is 1. The van der Waals surface area contributed by atoms with Crippen LogP contribution in [0, 0.1) is 0 Å². The summed E-state index contributed by atoms with van der Waals surface area (Å²) in [4.78, 5) is 40.0. The van der Waals surface area contributed by atoms with Crippen LogP contribution in [0.5, 0.6) is 0 Å². The summed E-state index contributed by atoms with van der Waals surface area (Å²) in [6.07, 6.45) is 65.3. The Hall–Kier alpha value is -1.77. The molecule has 1 amide bonds. The molecule has 436 valence electrons. The van der Waals surface area contributed by atoms with Gasteiger partial charge in [-0.2, -0.15) is 0 Å². The van der Waals surface area contributed by atoms with Crippen molar-refractivity contribution in [2.24, 2.45) is 0 Å². The summed E-state index contributed by atoms with van der Waals surface area (Å²) in [6.45, 7) is 6.86. The summed E-state index contributed by atoms with van der Waals surface area (Å²) in [5.41, 5.74) is 0. The molecule has 0 rings (SSSR count). The molecule has 10 heteroatoms. The van der Waals surface area contributed by atoms with Crippen LogP contribution in [0.3, 0.4) is 0 Å². The lowest BCUT2D eigenvalue weighted by Gasteiger charge is -2.30. The molecule has 0 spiro atoms. The van der Waals surface area contributed by atoms with E-state index in [0.717, 1.165) is 70.6 Å². The molecule has 3 unspecified atom stereocenters. The van der Waals surface area contributed by atoms with Gasteiger partial charge in [0.2, 0.25) is 5.91 Å². The SMILES string of the molecule is CCCCCCCC/C=C/CCCCCCCCCCCC(=O)NC(COP(=O)([O-])OCC[N+](C)(C)C)C(/C=C/CCCCCCCCCCCC)OC(=O)CCCCCCCCC/C=C/CCCCCCCC. The first-order valence-corrected chi connectivity index (χ1v) is 33.3. The van der Waals surface area contributed by atoms with E-state index in [4.69, 9.17) is 13.8 Å². The third-order valence-corrected chi connectivity index (χ3v) is 15.3. The van der Waals surface area contributed by atoms with Crippen molar-refractivity contribution in [3.05, 3.63) is 36.5 Å². The van der Waals surface area contributed by atoms with Gasteiger partial charge in [-0.3, -0.25) is 14.2 Å². The fraction of sp³-hybridized carbons (Fsp3) is 0.875. The van der Waals surface area contributed by atoms with E-state index in [2.05, 4.69) is 50.4 Å². The minimum absolute atomic E-state index is 0.0216. The molecular weight excluding hydrogens is 940 g/mol. The van der Waals surface area contributed by atoms with Crippen LogP contribution in [0.15, 0.2) is 36.5 Å². The second-order valence-electron chi connectivity index (χ2n) is 22.9. The molecule has 1 N–H and O–H groups in total. The summed E-state index contributed by atoms with van der Waals surface area (Å²) in [6, 6.07) is -0.888. The Balaban J connectivity index is 5.23. The van der Waals surface area contributed by atoms with Gasteiger partial charge in [-0.05, 0) is 83.1 Å². The summed E-state index contributed by atoms with van der Waals surface area (Å²) in [5.74, 6) is -0.537. The average molecular weight is 1060 g/mol. The molecule has 0 bridgehead atoms. The van der Waals surface area contributed by atoms with Crippen molar-refractivity contribution in [2.45, 2.75) is 322 Å². The van der Waals surface area contributed by atoms with Crippen LogP contribution >= 0.6 is 7.82 Å². The number of carbonyl (C=O) groups excluding carboxylic acids is 2. The van der Waals surface area contributed by atoms with E-state index >= 15 is 0 Å². The third-order valence-electron chi connectivity index (χ3n) is 14.3. The largest absolute Gasteiger partial charge is 0.756 e. The highest BCUT2D eigenvalue weighted by atomic mass is 31.2. The Kier molecular flexibility index (Phi) is 53.3. The number of nitrogens with one attached hydrogen (secondary N) is 1. The number of phosphoric ester groups is 1. The number of allylic oxidation sites excluding steroid dienone is 5. The fourth-order valence-electron chi connectivity index (χ4n) is 9.34. The van der Waals surface area contributed by atoms with E-state index in [1.54, 1.807) is 0 Å². The van der Waals surface area contributed by atoms with E-state index in [1.165, 1.54) is 205 Å². The lowest BCUT2D eigenvalue weighted by Crippen LogP contribution is -2.47. The lowest BCUT2D eigenvalue weighted by atomic mass is 10.0. The number of esters is 1. The van der Waals surface area contributed by atoms with E-state index in [-0.39, 0.29) is 31.5 Å². The van der Waals surface area contributed by atoms with Crippen molar-refractivity contribution in [2.75, 3.05) is 40.9 Å². The maximum Gasteiger partial charge on any atom is 0.306 e. The summed E-state index contributed by atoms with van der Waals surface area (Å²) >= 11 is 0. The van der Waals surface area contributed by atoms with E-state index in [0.29, 0.717) is 17.4 Å². The highest BCUT2D eigenvalue weighted by Gasteiger charge is 2.27. The van der Waals surface area contributed by atoms with Gasteiger partial charge in [0, 0.05) is 12.8 Å². The predicted octanol–water partition coefficient (Wildman–Crippen LogP) is 18.9. The number of hydrogen-bond donors (Lipinski definition) is 1. The van der Waals surface area contributed by atoms with Crippen molar-refractivity contribution < 1.29 is 37.3 Å². The maximum atomic E-state index is 13.5. The second kappa shape index (κ2) is 54.6. The van der Waals surface area contributed by atoms with Gasteiger partial charge in [-0.15, -0.1) is 0 Å². The molecule has 0 aromatic heterocycles. The molecule has 0 aromatic rings. The van der Waals surface area contributed by atoms with E-state index in [9.17, 15) is 19.0 Å². The van der Waals surface area contributed by atoms with Crippen LogP contribution in [0.25, 0.3) is 0 Å². The Labute approximate surface area is 459 Å². The van der Waals surface area contributed by atoms with Gasteiger partial charge in [0.15, 0.2) is 0 Å². The van der Waals surface area contributed by atoms with Crippen molar-refractivity contribution in [1.29, 1.82) is 0 Å². The number of likely N-dealkylation sites (N-methyl/N-ethyl adjacent to an activating group) is 1. The first-order chi connectivity index (χ1) is 35.9. The van der Waals surface area contributed by atoms with Gasteiger partial charge >= 0.3 is 5.97 Å². The minimum atomic E-state index is -4.70. The second-order valence-corrected chi connectivity index (χ2v) is 24.3. The smallest absolute Gasteiger partial charge is 0.306 e. The molecular formula is C64H123N2O7P. The first-order valence-electron chi connectivity index (χ1n) is 31.8. The quantitative estimate of drug-likeness (QED) is 0.0212. The molecule has 0 aliphatic heterocycles. The number of nitrogens with zero attached hydrogens (tertiary/aromatic N) is 1. The molecule has 0 radical (unpaired) electrons. The monoisotopic (exact) mass is 1060 g/mol. The van der Waals surface area contributed by atoms with Crippen LogP contribution in [-0.4, -0.2) is 69.4 Å². The van der Waals surface area contributed by atoms with Crippen molar-refractivity contribution >= 4 is 19.7 Å². The van der Waals surface area contributed by atoms with Crippen molar-refractivity contribution in [1.82, 2.24) is 5.32 Å². The van der Waals surface area contributed by atoms with Crippen LogP contribution in [0.4, 0.5) is 0 Å². The van der Waals surface area contributed by atoms with Gasteiger partial charge in [0.25, 0.3) is 7.82 Å². The first kappa shape index (κ1) is 72.2. The molecule has 3 atom stereocenters. The molecule has 0 aliphatic carbocycles. The minimum Gasteiger partial charge on any atom is -0.756 e. The molecule has 74 heavy (non-hydrogen) atoms. The van der Waals surface area contributed by atoms with Gasteiger partial charge in [0.1, 0.15) is 19.3 Å². The van der Waals surface area contributed by atoms with Gasteiger partial charge < -0.3 is 28.5 Å². The van der Waals surface area contributed by atoms with Crippen molar-refractivity contribution in [3.8, 4) is 0 Å². The summed E-state index contributed by atoms with van der Waals surface area (Å²) in [7, 11) is 1.19. The standard InChI is InChI=1S/C64H123N2O7P/c1-7-10-13-16-19-22-25-28-30-32-33-35-36-38-41-44-47-50-53-56-63(67)65-61(60-72-74(69,70)71-59-58-66(4,5)6)62(55-52-49-46-43-40-27-24-21-18-15-12-9-3)73-64(68)57-54-51-48-45-42-39-37-34-31-29-26-23-20-17-14-11-8-2/h28-31,52,55,61-62H,7-27,32-51,53-54,56-60H2,1-6H3,(H-,65,67,69,70)/b30-28+,31-29+,55-52+. The number of carbonyl (C=O) groups is 2. The molecule has 9 nitrogen and oxygen atoms in total. The Morgan fingerprint density at radius 3 is 1.15 bits per heavy atom. The number of ether oxygens (including phenoxy) is 1. The number of unbranched alkanes of at least 4 members (excludes halogenated alkanes) is 38. The molecule has 0 aromatic carbocycles. The van der Waals surface area contributed by atoms with Gasteiger partial charge in [-0.1, -0.05) is 250 Å². The van der Waals surface area contributed by atoms with Gasteiger partial charge in [0.05, 0.1) is 33.8 Å². The highest BCUT2D eigenvalue weighted by molar-refractivity contribution is 7.45. The zero-order chi connectivity index (χ0) is 54.3. The fourth-order valence-corrected chi connectivity index (χ4v) is 10.1. The van der Waals surface area contributed by atoms with Crippen molar-refractivity contribution in [3.63, 3.8) is 0 Å². The average Bonchev–Trinajstić information content (AvgIpc) is 3.36. The zero-order valence-corrected chi connectivity index (χ0v) is 50.7. The molecule has 0 heterocycles.